The normalized spacial score (nSPS) is 31.5. The molecule has 1 amide bonds. The fourth-order valence-corrected chi connectivity index (χ4v) is 8.88. The van der Waals surface area contributed by atoms with Crippen molar-refractivity contribution in [3.63, 3.8) is 0 Å². The van der Waals surface area contributed by atoms with Crippen LogP contribution in [0.15, 0.2) is 4.52 Å². The number of carbonyl (C=O) groups excluding carboxylic acids is 2. The van der Waals surface area contributed by atoms with Crippen LogP contribution in [0, 0.1) is 0 Å². The van der Waals surface area contributed by atoms with Gasteiger partial charge in [0.1, 0.15) is 23.0 Å². The van der Waals surface area contributed by atoms with E-state index in [0.29, 0.717) is 59.2 Å². The maximum Gasteiger partial charge on any atom is 0.250 e. The molecule has 12 heteroatoms. The maximum atomic E-state index is 13.9. The third-order valence-electron chi connectivity index (χ3n) is 11.3. The summed E-state index contributed by atoms with van der Waals surface area (Å²) in [6.45, 7) is 5.28. The summed E-state index contributed by atoms with van der Waals surface area (Å²) >= 11 is 0. The molecule has 3 aromatic heterocycles. The molecule has 5 aliphatic rings. The predicted octanol–water partition coefficient (Wildman–Crippen LogP) is 3.55. The SMILES string of the molecule is C[C@@H]([C@@H]1CCCN1C)n1nc2c3c(nc(-c4noc5c4CCC[C@@]54CCCCC4=O)nc31)N1C[C@](C)(O)CC[C@@H]1C(=O)N2C. The Morgan fingerprint density at radius 2 is 1.82 bits per heavy atom. The first-order valence-corrected chi connectivity index (χ1v) is 16.4. The predicted molar refractivity (Wildman–Crippen MR) is 164 cm³/mol. The highest BCUT2D eigenvalue weighted by atomic mass is 16.5. The van der Waals surface area contributed by atoms with E-state index in [9.17, 15) is 14.7 Å². The van der Waals surface area contributed by atoms with Crippen molar-refractivity contribution >= 4 is 34.4 Å². The zero-order valence-corrected chi connectivity index (χ0v) is 26.2. The Morgan fingerprint density at radius 1 is 1.00 bits per heavy atom. The van der Waals surface area contributed by atoms with Crippen LogP contribution < -0.4 is 9.80 Å². The van der Waals surface area contributed by atoms with Gasteiger partial charge >= 0.3 is 0 Å². The summed E-state index contributed by atoms with van der Waals surface area (Å²) in [5.41, 5.74) is 0.564. The van der Waals surface area contributed by atoms with E-state index in [1.165, 1.54) is 0 Å². The monoisotopic (exact) mass is 602 g/mol. The molecule has 1 N–H and O–H groups in total. The van der Waals surface area contributed by atoms with Crippen LogP contribution in [0.1, 0.15) is 95.4 Å². The van der Waals surface area contributed by atoms with Crippen LogP contribution in [0.25, 0.3) is 22.6 Å². The van der Waals surface area contributed by atoms with Crippen LogP contribution >= 0.6 is 0 Å². The molecule has 1 spiro atoms. The largest absolute Gasteiger partial charge is 0.388 e. The second-order valence-corrected chi connectivity index (χ2v) is 14.2. The number of rotatable bonds is 3. The molecular formula is C32H42N8O4. The molecule has 2 aliphatic carbocycles. The highest BCUT2D eigenvalue weighted by molar-refractivity contribution is 6.11. The van der Waals surface area contributed by atoms with E-state index in [0.717, 1.165) is 63.5 Å². The zero-order chi connectivity index (χ0) is 30.5. The average molecular weight is 603 g/mol. The zero-order valence-electron chi connectivity index (χ0n) is 26.2. The van der Waals surface area contributed by atoms with Crippen molar-refractivity contribution in [2.75, 3.05) is 37.0 Å². The topological polar surface area (TPSA) is 134 Å². The first-order valence-electron chi connectivity index (χ1n) is 16.4. The molecule has 44 heavy (non-hydrogen) atoms. The maximum absolute atomic E-state index is 13.9. The van der Waals surface area contributed by atoms with Crippen molar-refractivity contribution in [2.24, 2.45) is 0 Å². The third kappa shape index (κ3) is 3.95. The molecule has 3 aromatic rings. The van der Waals surface area contributed by atoms with Gasteiger partial charge in [-0.1, -0.05) is 11.6 Å². The van der Waals surface area contributed by atoms with Gasteiger partial charge in [0.15, 0.2) is 28.7 Å². The minimum atomic E-state index is -0.978. The molecule has 6 heterocycles. The van der Waals surface area contributed by atoms with Crippen molar-refractivity contribution < 1.29 is 19.2 Å². The van der Waals surface area contributed by atoms with E-state index < -0.39 is 17.1 Å². The Kier molecular flexibility index (Phi) is 6.27. The van der Waals surface area contributed by atoms with Gasteiger partial charge in [0.25, 0.3) is 5.91 Å². The van der Waals surface area contributed by atoms with Gasteiger partial charge in [0.2, 0.25) is 0 Å². The van der Waals surface area contributed by atoms with E-state index in [-0.39, 0.29) is 30.3 Å². The van der Waals surface area contributed by atoms with Crippen LogP contribution in [0.5, 0.6) is 0 Å². The molecule has 0 unspecified atom stereocenters. The van der Waals surface area contributed by atoms with E-state index in [2.05, 4.69) is 24.0 Å². The fourth-order valence-electron chi connectivity index (χ4n) is 8.88. The second kappa shape index (κ2) is 9.81. The van der Waals surface area contributed by atoms with Crippen molar-refractivity contribution in [3.05, 3.63) is 11.3 Å². The Morgan fingerprint density at radius 3 is 2.59 bits per heavy atom. The lowest BCUT2D eigenvalue weighted by atomic mass is 9.64. The number of hydrogen-bond donors (Lipinski definition) is 1. The summed E-state index contributed by atoms with van der Waals surface area (Å²) in [6, 6.07) is -0.203. The first kappa shape index (κ1) is 28.1. The van der Waals surface area contributed by atoms with Gasteiger partial charge < -0.3 is 19.4 Å². The van der Waals surface area contributed by atoms with Gasteiger partial charge in [-0.2, -0.15) is 5.10 Å². The molecule has 0 radical (unpaired) electrons. The number of nitrogens with zero attached hydrogens (tertiary/aromatic N) is 8. The average Bonchev–Trinajstić information content (AvgIpc) is 3.73. The summed E-state index contributed by atoms with van der Waals surface area (Å²) in [4.78, 5) is 43.6. The molecule has 5 atom stereocenters. The van der Waals surface area contributed by atoms with E-state index in [4.69, 9.17) is 19.6 Å². The number of piperidine rings is 1. The van der Waals surface area contributed by atoms with Crippen LogP contribution in [-0.4, -0.2) is 91.5 Å². The molecule has 234 valence electrons. The standard InChI is InChI=1S/C32H42N8O4/c1-18(20-10-8-16-37(20)3)40-28-23-27(39-17-31(2,43)15-12-21(39)30(42)38(4)29(23)35-40)33-26(34-28)24-19-9-7-14-32(25(19)44-36-24)13-6-5-11-22(32)41/h18,20-21,43H,5-17H2,1-4H3/t18-,20-,21+,31+,32+/m0/s1. The van der Waals surface area contributed by atoms with Crippen molar-refractivity contribution in [3.8, 4) is 11.5 Å². The smallest absolute Gasteiger partial charge is 0.250 e. The number of anilines is 2. The molecular weight excluding hydrogens is 560 g/mol. The third-order valence-corrected chi connectivity index (χ3v) is 11.3. The van der Waals surface area contributed by atoms with E-state index >= 15 is 0 Å². The summed E-state index contributed by atoms with van der Waals surface area (Å²) < 4.78 is 8.05. The van der Waals surface area contributed by atoms with Crippen LogP contribution in [0.4, 0.5) is 11.6 Å². The number of likely N-dealkylation sites (tertiary alicyclic amines) is 1. The van der Waals surface area contributed by atoms with Crippen LogP contribution in [0.2, 0.25) is 0 Å². The van der Waals surface area contributed by atoms with Crippen LogP contribution in [0.3, 0.4) is 0 Å². The highest BCUT2D eigenvalue weighted by Crippen LogP contribution is 2.49. The van der Waals surface area contributed by atoms with Crippen molar-refractivity contribution in [1.82, 2.24) is 29.8 Å². The lowest BCUT2D eigenvalue weighted by molar-refractivity contribution is -0.128. The molecule has 12 nitrogen and oxygen atoms in total. The van der Waals surface area contributed by atoms with Crippen molar-refractivity contribution in [2.45, 2.75) is 114 Å². The fraction of sp³-hybridized carbons (Fsp3) is 0.688. The van der Waals surface area contributed by atoms with Gasteiger partial charge in [-0.25, -0.2) is 14.6 Å². The molecule has 0 aromatic carbocycles. The number of aromatic nitrogens is 5. The van der Waals surface area contributed by atoms with Crippen molar-refractivity contribution in [1.29, 1.82) is 0 Å². The van der Waals surface area contributed by atoms with E-state index in [1.54, 1.807) is 11.9 Å². The Balaban J connectivity index is 1.36. The minimum absolute atomic E-state index is 0.00751. The Bertz CT molecular complexity index is 1680. The van der Waals surface area contributed by atoms with Gasteiger partial charge in [0.05, 0.1) is 17.1 Å². The van der Waals surface area contributed by atoms with E-state index in [1.807, 2.05) is 16.5 Å². The molecule has 3 fully saturated rings. The Labute approximate surface area is 256 Å². The lowest BCUT2D eigenvalue weighted by Crippen LogP contribution is -2.56. The first-order chi connectivity index (χ1) is 21.1. The number of amides is 1. The quantitative estimate of drug-likeness (QED) is 0.474. The highest BCUT2D eigenvalue weighted by Gasteiger charge is 2.49. The molecule has 1 saturated carbocycles. The summed E-state index contributed by atoms with van der Waals surface area (Å²) in [7, 11) is 3.93. The van der Waals surface area contributed by atoms with Crippen LogP contribution in [-0.2, 0) is 21.4 Å². The van der Waals surface area contributed by atoms with Gasteiger partial charge in [-0.05, 0) is 85.2 Å². The number of carbonyl (C=O) groups is 2. The lowest BCUT2D eigenvalue weighted by Gasteiger charge is -2.42. The van der Waals surface area contributed by atoms with Gasteiger partial charge in [-0.3, -0.25) is 14.5 Å². The second-order valence-electron chi connectivity index (χ2n) is 14.2. The number of hydrogen-bond acceptors (Lipinski definition) is 10. The number of ketones is 1. The summed E-state index contributed by atoms with van der Waals surface area (Å²) in [5.74, 6) is 2.44. The number of Topliss-reactive ketones (excluding diaryl/α,β-unsaturated/α-hetero) is 1. The number of aliphatic hydroxyl groups is 1. The Hall–Kier alpha value is -3.38. The van der Waals surface area contributed by atoms with Gasteiger partial charge in [0, 0.05) is 31.6 Å². The molecule has 2 saturated heterocycles. The van der Waals surface area contributed by atoms with Gasteiger partial charge in [-0.15, -0.1) is 0 Å². The molecule has 3 aliphatic heterocycles. The number of likely N-dealkylation sites (N-methyl/N-ethyl adjacent to an activating group) is 2. The summed E-state index contributed by atoms with van der Waals surface area (Å²) in [6.07, 6.45) is 8.92. The molecule has 0 bridgehead atoms. The minimum Gasteiger partial charge on any atom is -0.388 e. The number of fused-ring (bicyclic) bond motifs is 4. The summed E-state index contributed by atoms with van der Waals surface area (Å²) in [5, 5.41) is 21.6. The molecule has 8 rings (SSSR count).